The Bertz CT molecular complexity index is 1190. The molecule has 1 aliphatic rings. The molecule has 6 heteroatoms. The molecule has 6 nitrogen and oxygen atoms in total. The number of hydrogen-bond acceptors (Lipinski definition) is 4. The van der Waals surface area contributed by atoms with Crippen LogP contribution in [0, 0.1) is 0 Å². The predicted octanol–water partition coefficient (Wildman–Crippen LogP) is 5.85. The van der Waals surface area contributed by atoms with Crippen LogP contribution in [0.5, 0.6) is 11.5 Å². The van der Waals surface area contributed by atoms with Crippen molar-refractivity contribution < 1.29 is 19.1 Å². The molecule has 0 bridgehead atoms. The molecule has 1 unspecified atom stereocenters. The lowest BCUT2D eigenvalue weighted by atomic mass is 9.97. The Morgan fingerprint density at radius 3 is 2.26 bits per heavy atom. The van der Waals surface area contributed by atoms with Gasteiger partial charge in [0.05, 0.1) is 7.11 Å². The van der Waals surface area contributed by atoms with E-state index < -0.39 is 6.04 Å². The minimum Gasteiger partial charge on any atom is -0.497 e. The van der Waals surface area contributed by atoms with Crippen molar-refractivity contribution in [2.75, 3.05) is 20.3 Å². The average Bonchev–Trinajstić information content (AvgIpc) is 2.97. The second-order valence-corrected chi connectivity index (χ2v) is 9.43. The van der Waals surface area contributed by atoms with Crippen LogP contribution >= 0.6 is 0 Å². The zero-order valence-electron chi connectivity index (χ0n) is 22.0. The van der Waals surface area contributed by atoms with Crippen molar-refractivity contribution in [3.8, 4) is 11.5 Å². The highest BCUT2D eigenvalue weighted by Crippen LogP contribution is 2.26. The van der Waals surface area contributed by atoms with Gasteiger partial charge in [-0.15, -0.1) is 0 Å². The minimum atomic E-state index is -0.800. The zero-order valence-corrected chi connectivity index (χ0v) is 22.0. The molecule has 1 aliphatic carbocycles. The summed E-state index contributed by atoms with van der Waals surface area (Å²) in [6, 6.07) is 25.4. The quantitative estimate of drug-likeness (QED) is 0.309. The standard InChI is InChI=1S/C32H36N2O4/c1-37-28-19-17-26(18-20-28)23-34(30(35)24-38-29-15-9-4-10-16-29)31(27-13-7-3-8-14-27)32(36)33-22-21-25-11-5-2-6-12-25/h3-4,7-11,13-20,31H,2,5-6,12,21-24H2,1H3,(H,33,36). The van der Waals surface area contributed by atoms with E-state index in [-0.39, 0.29) is 25.0 Å². The molecule has 0 aromatic heterocycles. The van der Waals surface area contributed by atoms with Gasteiger partial charge in [-0.25, -0.2) is 0 Å². The van der Waals surface area contributed by atoms with Gasteiger partial charge in [0.25, 0.3) is 5.91 Å². The summed E-state index contributed by atoms with van der Waals surface area (Å²) in [6.45, 7) is 0.613. The summed E-state index contributed by atoms with van der Waals surface area (Å²) in [5.74, 6) is 0.859. The molecule has 3 aromatic rings. The van der Waals surface area contributed by atoms with Crippen LogP contribution in [0.1, 0.15) is 49.3 Å². The summed E-state index contributed by atoms with van der Waals surface area (Å²) >= 11 is 0. The summed E-state index contributed by atoms with van der Waals surface area (Å²) in [5, 5.41) is 3.11. The van der Waals surface area contributed by atoms with Gasteiger partial charge in [0.1, 0.15) is 17.5 Å². The van der Waals surface area contributed by atoms with Crippen molar-refractivity contribution in [1.29, 1.82) is 0 Å². The van der Waals surface area contributed by atoms with Crippen LogP contribution < -0.4 is 14.8 Å². The van der Waals surface area contributed by atoms with Gasteiger partial charge >= 0.3 is 0 Å². The molecule has 0 saturated heterocycles. The number of hydrogen-bond donors (Lipinski definition) is 1. The fraction of sp³-hybridized carbons (Fsp3) is 0.312. The second kappa shape index (κ2) is 14.0. The van der Waals surface area contributed by atoms with Gasteiger partial charge in [0, 0.05) is 13.1 Å². The fourth-order valence-corrected chi connectivity index (χ4v) is 4.68. The van der Waals surface area contributed by atoms with Gasteiger partial charge < -0.3 is 19.7 Å². The summed E-state index contributed by atoms with van der Waals surface area (Å²) in [7, 11) is 1.62. The van der Waals surface area contributed by atoms with Crippen LogP contribution in [0.2, 0.25) is 0 Å². The SMILES string of the molecule is COc1ccc(CN(C(=O)COc2ccccc2)C(C(=O)NCCC2=CCCCC2)c2ccccc2)cc1. The maximum Gasteiger partial charge on any atom is 0.261 e. The highest BCUT2D eigenvalue weighted by molar-refractivity contribution is 5.89. The van der Waals surface area contributed by atoms with Crippen LogP contribution in [-0.2, 0) is 16.1 Å². The third kappa shape index (κ3) is 7.72. The van der Waals surface area contributed by atoms with Crippen molar-refractivity contribution in [3.05, 3.63) is 108 Å². The van der Waals surface area contributed by atoms with E-state index in [9.17, 15) is 9.59 Å². The van der Waals surface area contributed by atoms with Gasteiger partial charge in [0.2, 0.25) is 5.91 Å². The van der Waals surface area contributed by atoms with Gasteiger partial charge in [-0.3, -0.25) is 9.59 Å². The van der Waals surface area contributed by atoms with Crippen molar-refractivity contribution >= 4 is 11.8 Å². The normalized spacial score (nSPS) is 13.7. The lowest BCUT2D eigenvalue weighted by Gasteiger charge is -2.31. The lowest BCUT2D eigenvalue weighted by molar-refractivity contribution is -0.143. The Hall–Kier alpha value is -4.06. The Kier molecular flexibility index (Phi) is 9.96. The predicted molar refractivity (Wildman–Crippen MR) is 149 cm³/mol. The molecular weight excluding hydrogens is 476 g/mol. The number of allylic oxidation sites excluding steroid dienone is 1. The molecular formula is C32H36N2O4. The Morgan fingerprint density at radius 2 is 1.61 bits per heavy atom. The van der Waals surface area contributed by atoms with Gasteiger partial charge in [0.15, 0.2) is 6.61 Å². The highest BCUT2D eigenvalue weighted by Gasteiger charge is 2.31. The minimum absolute atomic E-state index is 0.177. The fourth-order valence-electron chi connectivity index (χ4n) is 4.68. The number of nitrogens with one attached hydrogen (secondary N) is 1. The van der Waals surface area contributed by atoms with Crippen molar-refractivity contribution in [2.24, 2.45) is 0 Å². The third-order valence-electron chi connectivity index (χ3n) is 6.74. The molecule has 0 spiro atoms. The van der Waals surface area contributed by atoms with E-state index in [0.29, 0.717) is 12.3 Å². The molecule has 1 N–H and O–H groups in total. The van der Waals surface area contributed by atoms with E-state index in [4.69, 9.17) is 9.47 Å². The van der Waals surface area contributed by atoms with Crippen LogP contribution in [-0.4, -0.2) is 37.0 Å². The average molecular weight is 513 g/mol. The van der Waals surface area contributed by atoms with Crippen LogP contribution in [0.3, 0.4) is 0 Å². The molecule has 4 rings (SSSR count). The Labute approximate surface area is 225 Å². The number of para-hydroxylation sites is 1. The van der Waals surface area contributed by atoms with Gasteiger partial charge in [-0.05, 0) is 67.5 Å². The van der Waals surface area contributed by atoms with E-state index in [2.05, 4.69) is 11.4 Å². The summed E-state index contributed by atoms with van der Waals surface area (Å²) < 4.78 is 11.1. The van der Waals surface area contributed by atoms with Crippen LogP contribution in [0.4, 0.5) is 0 Å². The van der Waals surface area contributed by atoms with Crippen LogP contribution in [0.15, 0.2) is 96.6 Å². The summed E-state index contributed by atoms with van der Waals surface area (Å²) in [6.07, 6.45) is 7.78. The molecule has 0 heterocycles. The maximum absolute atomic E-state index is 13.7. The number of ether oxygens (including phenoxy) is 2. The molecule has 198 valence electrons. The molecule has 38 heavy (non-hydrogen) atoms. The van der Waals surface area contributed by atoms with E-state index in [0.717, 1.165) is 36.1 Å². The zero-order chi connectivity index (χ0) is 26.6. The number of carbonyl (C=O) groups excluding carboxylic acids is 2. The first-order chi connectivity index (χ1) is 18.6. The lowest BCUT2D eigenvalue weighted by Crippen LogP contribution is -2.45. The van der Waals surface area contributed by atoms with Crippen molar-refractivity contribution in [1.82, 2.24) is 10.2 Å². The number of methoxy groups -OCH3 is 1. The van der Waals surface area contributed by atoms with E-state index in [1.54, 1.807) is 12.0 Å². The number of nitrogens with zero attached hydrogens (tertiary/aromatic N) is 1. The molecule has 0 saturated carbocycles. The second-order valence-electron chi connectivity index (χ2n) is 9.43. The summed E-state index contributed by atoms with van der Waals surface area (Å²) in [4.78, 5) is 29.0. The number of carbonyl (C=O) groups is 2. The van der Waals surface area contributed by atoms with E-state index in [1.165, 1.54) is 18.4 Å². The van der Waals surface area contributed by atoms with Gasteiger partial charge in [-0.2, -0.15) is 0 Å². The first-order valence-electron chi connectivity index (χ1n) is 13.2. The molecule has 2 amide bonds. The number of amides is 2. The first kappa shape index (κ1) is 27.0. The van der Waals surface area contributed by atoms with Gasteiger partial charge in [-0.1, -0.05) is 72.3 Å². The highest BCUT2D eigenvalue weighted by atomic mass is 16.5. The number of rotatable bonds is 12. The Morgan fingerprint density at radius 1 is 0.895 bits per heavy atom. The summed E-state index contributed by atoms with van der Waals surface area (Å²) in [5.41, 5.74) is 3.04. The first-order valence-corrected chi connectivity index (χ1v) is 13.2. The monoisotopic (exact) mass is 512 g/mol. The largest absolute Gasteiger partial charge is 0.497 e. The third-order valence-corrected chi connectivity index (χ3v) is 6.74. The molecule has 1 atom stereocenters. The Balaban J connectivity index is 1.57. The van der Waals surface area contributed by atoms with Crippen LogP contribution in [0.25, 0.3) is 0 Å². The number of benzene rings is 3. The topological polar surface area (TPSA) is 67.9 Å². The van der Waals surface area contributed by atoms with E-state index >= 15 is 0 Å². The molecule has 0 aliphatic heterocycles. The van der Waals surface area contributed by atoms with E-state index in [1.807, 2.05) is 84.9 Å². The smallest absolute Gasteiger partial charge is 0.261 e. The molecule has 3 aromatic carbocycles. The molecule has 0 fully saturated rings. The molecule has 0 radical (unpaired) electrons. The van der Waals surface area contributed by atoms with Crippen molar-refractivity contribution in [2.45, 2.75) is 44.7 Å². The van der Waals surface area contributed by atoms with Crippen molar-refractivity contribution in [3.63, 3.8) is 0 Å². The maximum atomic E-state index is 13.7.